The Balaban J connectivity index is 1.95. The lowest BCUT2D eigenvalue weighted by Crippen LogP contribution is -2.36. The van der Waals surface area contributed by atoms with Crippen molar-refractivity contribution in [3.8, 4) is 0 Å². The second-order valence-electron chi connectivity index (χ2n) is 4.32. The molecule has 0 unspecified atom stereocenters. The highest BCUT2D eigenvalue weighted by Crippen LogP contribution is 2.46. The van der Waals surface area contributed by atoms with Crippen molar-refractivity contribution in [2.75, 3.05) is 0 Å². The van der Waals surface area contributed by atoms with Gasteiger partial charge < -0.3 is 10.4 Å². The van der Waals surface area contributed by atoms with Crippen LogP contribution >= 0.6 is 11.3 Å². The van der Waals surface area contributed by atoms with Gasteiger partial charge in [-0.2, -0.15) is 0 Å². The van der Waals surface area contributed by atoms with E-state index in [1.807, 2.05) is 13.8 Å². The van der Waals surface area contributed by atoms with Crippen molar-refractivity contribution in [1.29, 1.82) is 0 Å². The second kappa shape index (κ2) is 4.10. The fourth-order valence-corrected chi connectivity index (χ4v) is 2.48. The Morgan fingerprint density at radius 1 is 1.47 bits per heavy atom. The van der Waals surface area contributed by atoms with Gasteiger partial charge >= 0.3 is 5.97 Å². The summed E-state index contributed by atoms with van der Waals surface area (Å²) in [5.74, 6) is -1.42. The number of thiazole rings is 1. The van der Waals surface area contributed by atoms with E-state index >= 15 is 0 Å². The molecular formula is C11H14N2O3S. The predicted molar refractivity (Wildman–Crippen MR) is 62.7 cm³/mol. The number of carboxylic acids is 1. The highest BCUT2D eigenvalue weighted by molar-refractivity contribution is 7.11. The zero-order valence-corrected chi connectivity index (χ0v) is 10.6. The molecule has 0 radical (unpaired) electrons. The van der Waals surface area contributed by atoms with Gasteiger partial charge in [-0.15, -0.1) is 11.3 Å². The molecule has 0 aliphatic heterocycles. The van der Waals surface area contributed by atoms with Crippen molar-refractivity contribution in [1.82, 2.24) is 10.3 Å². The molecule has 6 heteroatoms. The van der Waals surface area contributed by atoms with Gasteiger partial charge in [0.25, 0.3) is 0 Å². The zero-order chi connectivity index (χ0) is 12.6. The summed E-state index contributed by atoms with van der Waals surface area (Å²) in [4.78, 5) is 28.0. The summed E-state index contributed by atoms with van der Waals surface area (Å²) in [7, 11) is 0. The minimum atomic E-state index is -1.17. The zero-order valence-electron chi connectivity index (χ0n) is 9.74. The standard InChI is InChI=1S/C11H14N2O3S/c1-6-7(2)17-8(13-6)5-12-9(14)11(3-4-11)10(15)16/h3-5H2,1-2H3,(H,12,14)(H,15,16). The van der Waals surface area contributed by atoms with Crippen molar-refractivity contribution < 1.29 is 14.7 Å². The van der Waals surface area contributed by atoms with Crippen LogP contribution in [0.5, 0.6) is 0 Å². The van der Waals surface area contributed by atoms with E-state index in [1.54, 1.807) is 0 Å². The molecule has 0 aromatic carbocycles. The third-order valence-electron chi connectivity index (χ3n) is 3.07. The maximum absolute atomic E-state index is 11.7. The Hall–Kier alpha value is -1.43. The summed E-state index contributed by atoms with van der Waals surface area (Å²) in [5, 5.41) is 12.4. The molecule has 2 rings (SSSR count). The molecule has 0 bridgehead atoms. The van der Waals surface area contributed by atoms with Crippen LogP contribution in [-0.4, -0.2) is 22.0 Å². The molecule has 5 nitrogen and oxygen atoms in total. The minimum absolute atomic E-state index is 0.313. The number of aryl methyl sites for hydroxylation is 2. The third-order valence-corrected chi connectivity index (χ3v) is 4.14. The third kappa shape index (κ3) is 2.17. The first-order valence-electron chi connectivity index (χ1n) is 5.40. The molecule has 1 heterocycles. The van der Waals surface area contributed by atoms with E-state index in [0.29, 0.717) is 19.4 Å². The lowest BCUT2D eigenvalue weighted by Gasteiger charge is -2.09. The van der Waals surface area contributed by atoms with Crippen molar-refractivity contribution in [2.24, 2.45) is 5.41 Å². The van der Waals surface area contributed by atoms with Crippen molar-refractivity contribution >= 4 is 23.2 Å². The van der Waals surface area contributed by atoms with Crippen LogP contribution in [0.4, 0.5) is 0 Å². The average Bonchev–Trinajstić information content (AvgIpc) is 3.00. The second-order valence-corrected chi connectivity index (χ2v) is 5.61. The van der Waals surface area contributed by atoms with Crippen LogP contribution in [0, 0.1) is 19.3 Å². The van der Waals surface area contributed by atoms with Gasteiger partial charge in [-0.25, -0.2) is 4.98 Å². The Morgan fingerprint density at radius 3 is 2.53 bits per heavy atom. The molecular weight excluding hydrogens is 240 g/mol. The highest BCUT2D eigenvalue weighted by Gasteiger charge is 2.56. The maximum atomic E-state index is 11.7. The summed E-state index contributed by atoms with van der Waals surface area (Å²) in [5.41, 5.74) is -0.208. The number of aliphatic carboxylic acids is 1. The number of hydrogen-bond donors (Lipinski definition) is 2. The van der Waals surface area contributed by atoms with Gasteiger partial charge in [0.15, 0.2) is 0 Å². The molecule has 1 fully saturated rings. The highest BCUT2D eigenvalue weighted by atomic mass is 32.1. The average molecular weight is 254 g/mol. The van der Waals surface area contributed by atoms with Crippen molar-refractivity contribution in [3.05, 3.63) is 15.6 Å². The van der Waals surface area contributed by atoms with Gasteiger partial charge in [0.1, 0.15) is 10.4 Å². The fraction of sp³-hybridized carbons (Fsp3) is 0.545. The lowest BCUT2D eigenvalue weighted by molar-refractivity contribution is -0.149. The van der Waals surface area contributed by atoms with Crippen LogP contribution in [0.15, 0.2) is 0 Å². The summed E-state index contributed by atoms with van der Waals surface area (Å²) in [6.45, 7) is 4.20. The van der Waals surface area contributed by atoms with E-state index in [-0.39, 0.29) is 0 Å². The molecule has 1 amide bonds. The summed E-state index contributed by atoms with van der Waals surface area (Å²) < 4.78 is 0. The smallest absolute Gasteiger partial charge is 0.319 e. The summed E-state index contributed by atoms with van der Waals surface area (Å²) >= 11 is 1.52. The van der Waals surface area contributed by atoms with E-state index in [0.717, 1.165) is 15.6 Å². The first kappa shape index (κ1) is 12.0. The number of rotatable bonds is 4. The molecule has 92 valence electrons. The number of carbonyl (C=O) groups excluding carboxylic acids is 1. The van der Waals surface area contributed by atoms with E-state index in [4.69, 9.17) is 5.11 Å². The van der Waals surface area contributed by atoms with Crippen molar-refractivity contribution in [2.45, 2.75) is 33.2 Å². The fourth-order valence-electron chi connectivity index (χ4n) is 1.60. The SMILES string of the molecule is Cc1nc(CNC(=O)C2(C(=O)O)CC2)sc1C. The van der Waals surface area contributed by atoms with E-state index in [1.165, 1.54) is 11.3 Å². The van der Waals surface area contributed by atoms with Crippen LogP contribution in [0.25, 0.3) is 0 Å². The Labute approximate surface area is 103 Å². The molecule has 1 saturated carbocycles. The molecule has 1 aromatic heterocycles. The van der Waals surface area contributed by atoms with E-state index in [9.17, 15) is 9.59 Å². The monoisotopic (exact) mass is 254 g/mol. The molecule has 1 aliphatic carbocycles. The number of nitrogens with zero attached hydrogens (tertiary/aromatic N) is 1. The number of carbonyl (C=O) groups is 2. The van der Waals surface area contributed by atoms with Gasteiger partial charge in [-0.1, -0.05) is 0 Å². The van der Waals surface area contributed by atoms with Gasteiger partial charge in [-0.3, -0.25) is 9.59 Å². The quantitative estimate of drug-likeness (QED) is 0.792. The maximum Gasteiger partial charge on any atom is 0.319 e. The molecule has 2 N–H and O–H groups in total. The molecule has 0 atom stereocenters. The lowest BCUT2D eigenvalue weighted by atomic mass is 10.1. The van der Waals surface area contributed by atoms with Gasteiger partial charge in [-0.05, 0) is 26.7 Å². The predicted octanol–water partition coefficient (Wildman–Crippen LogP) is 1.24. The van der Waals surface area contributed by atoms with Gasteiger partial charge in [0.2, 0.25) is 5.91 Å². The van der Waals surface area contributed by atoms with Crippen LogP contribution in [0.1, 0.15) is 28.4 Å². The normalized spacial score (nSPS) is 16.6. The Kier molecular flexibility index (Phi) is 2.91. The number of amides is 1. The topological polar surface area (TPSA) is 79.3 Å². The van der Waals surface area contributed by atoms with Crippen LogP contribution < -0.4 is 5.32 Å². The Bertz CT molecular complexity index is 458. The number of carboxylic acid groups (broad SMARTS) is 1. The van der Waals surface area contributed by atoms with Gasteiger partial charge in [0, 0.05) is 4.88 Å². The van der Waals surface area contributed by atoms with Crippen LogP contribution in [0.2, 0.25) is 0 Å². The Morgan fingerprint density at radius 2 is 2.12 bits per heavy atom. The summed E-state index contributed by atoms with van der Waals surface area (Å²) in [6.07, 6.45) is 0.869. The van der Waals surface area contributed by atoms with Crippen LogP contribution in [0.3, 0.4) is 0 Å². The van der Waals surface area contributed by atoms with E-state index < -0.39 is 17.3 Å². The largest absolute Gasteiger partial charge is 0.480 e. The molecule has 1 aromatic rings. The molecule has 1 aliphatic rings. The first-order chi connectivity index (χ1) is 7.95. The molecule has 0 spiro atoms. The first-order valence-corrected chi connectivity index (χ1v) is 6.22. The number of nitrogens with one attached hydrogen (secondary N) is 1. The van der Waals surface area contributed by atoms with Gasteiger partial charge in [0.05, 0.1) is 12.2 Å². The van der Waals surface area contributed by atoms with Crippen LogP contribution in [-0.2, 0) is 16.1 Å². The number of hydrogen-bond acceptors (Lipinski definition) is 4. The van der Waals surface area contributed by atoms with Crippen molar-refractivity contribution in [3.63, 3.8) is 0 Å². The molecule has 17 heavy (non-hydrogen) atoms. The minimum Gasteiger partial charge on any atom is -0.480 e. The molecule has 0 saturated heterocycles. The van der Waals surface area contributed by atoms with E-state index in [2.05, 4.69) is 10.3 Å². The summed E-state index contributed by atoms with van der Waals surface area (Å²) in [6, 6.07) is 0. The number of aromatic nitrogens is 1.